The molecule has 1 heterocycles. The summed E-state index contributed by atoms with van der Waals surface area (Å²) in [5, 5.41) is 7.47. The molecule has 98 valence electrons. The van der Waals surface area contributed by atoms with Crippen molar-refractivity contribution in [2.75, 3.05) is 18.0 Å². The monoisotopic (exact) mass is 245 g/mol. The Labute approximate surface area is 109 Å². The molecule has 1 aromatic carbocycles. The number of hydrogen-bond acceptors (Lipinski definition) is 2. The number of nitrogen functional groups attached to an aromatic ring is 1. The summed E-state index contributed by atoms with van der Waals surface area (Å²) in [6.07, 6.45) is 3.91. The Kier molecular flexibility index (Phi) is 3.90. The van der Waals surface area contributed by atoms with Crippen LogP contribution in [0.15, 0.2) is 18.2 Å². The highest BCUT2D eigenvalue weighted by atomic mass is 15.1. The zero-order valence-electron chi connectivity index (χ0n) is 11.4. The molecule has 18 heavy (non-hydrogen) atoms. The third-order valence-corrected chi connectivity index (χ3v) is 3.94. The minimum absolute atomic E-state index is 0.148. The van der Waals surface area contributed by atoms with Crippen LogP contribution in [0.2, 0.25) is 0 Å². The zero-order chi connectivity index (χ0) is 13.1. The molecule has 0 aliphatic carbocycles. The van der Waals surface area contributed by atoms with Crippen LogP contribution in [0, 0.1) is 18.3 Å². The number of rotatable bonds is 3. The van der Waals surface area contributed by atoms with Gasteiger partial charge in [0.1, 0.15) is 5.84 Å². The molecule has 0 bridgehead atoms. The summed E-state index contributed by atoms with van der Waals surface area (Å²) in [5.41, 5.74) is 8.87. The van der Waals surface area contributed by atoms with Gasteiger partial charge in [0.15, 0.2) is 0 Å². The Morgan fingerprint density at radius 2 is 2.28 bits per heavy atom. The Hall–Kier alpha value is -1.51. The van der Waals surface area contributed by atoms with Gasteiger partial charge in [-0.05, 0) is 49.4 Å². The van der Waals surface area contributed by atoms with Gasteiger partial charge >= 0.3 is 0 Å². The van der Waals surface area contributed by atoms with Crippen LogP contribution in [-0.4, -0.2) is 18.9 Å². The van der Waals surface area contributed by atoms with Gasteiger partial charge in [0.2, 0.25) is 0 Å². The molecule has 1 aliphatic heterocycles. The first-order valence-corrected chi connectivity index (χ1v) is 6.81. The molecule has 3 nitrogen and oxygen atoms in total. The van der Waals surface area contributed by atoms with Gasteiger partial charge in [-0.25, -0.2) is 0 Å². The van der Waals surface area contributed by atoms with E-state index in [2.05, 4.69) is 24.8 Å². The number of benzene rings is 1. The van der Waals surface area contributed by atoms with Crippen LogP contribution in [-0.2, 0) is 0 Å². The fourth-order valence-corrected chi connectivity index (χ4v) is 2.79. The molecule has 3 N–H and O–H groups in total. The smallest absolute Gasteiger partial charge is 0.122 e. The Morgan fingerprint density at radius 3 is 2.89 bits per heavy atom. The fourth-order valence-electron chi connectivity index (χ4n) is 2.79. The van der Waals surface area contributed by atoms with Crippen molar-refractivity contribution in [1.82, 2.24) is 0 Å². The number of piperidine rings is 1. The lowest BCUT2D eigenvalue weighted by Gasteiger charge is -2.35. The standard InChI is InChI=1S/C15H23N3/c1-3-12-5-4-8-18(10-12)14-7-6-13(15(16)17)9-11(14)2/h6-7,9,12H,3-5,8,10H2,1-2H3,(H3,16,17). The van der Waals surface area contributed by atoms with E-state index < -0.39 is 0 Å². The van der Waals surface area contributed by atoms with Crippen molar-refractivity contribution in [2.45, 2.75) is 33.1 Å². The molecule has 3 heteroatoms. The predicted molar refractivity (Wildman–Crippen MR) is 77.4 cm³/mol. The lowest BCUT2D eigenvalue weighted by molar-refractivity contribution is 0.404. The molecule has 1 atom stereocenters. The van der Waals surface area contributed by atoms with Gasteiger partial charge in [0.25, 0.3) is 0 Å². The highest BCUT2D eigenvalue weighted by Gasteiger charge is 2.19. The summed E-state index contributed by atoms with van der Waals surface area (Å²) in [6, 6.07) is 6.09. The van der Waals surface area contributed by atoms with Crippen LogP contribution in [0.4, 0.5) is 5.69 Å². The molecule has 2 rings (SSSR count). The van der Waals surface area contributed by atoms with Gasteiger partial charge in [-0.3, -0.25) is 5.41 Å². The number of aryl methyl sites for hydroxylation is 1. The third kappa shape index (κ3) is 2.66. The first kappa shape index (κ1) is 12.9. The van der Waals surface area contributed by atoms with E-state index in [1.54, 1.807) is 0 Å². The summed E-state index contributed by atoms with van der Waals surface area (Å²) in [5.74, 6) is 0.973. The number of amidine groups is 1. The quantitative estimate of drug-likeness (QED) is 0.635. The molecule has 1 fully saturated rings. The first-order valence-electron chi connectivity index (χ1n) is 6.81. The lowest BCUT2D eigenvalue weighted by atomic mass is 9.94. The molecule has 1 unspecified atom stereocenters. The second-order valence-corrected chi connectivity index (χ2v) is 5.28. The van der Waals surface area contributed by atoms with Gasteiger partial charge in [-0.2, -0.15) is 0 Å². The van der Waals surface area contributed by atoms with Crippen molar-refractivity contribution in [1.29, 1.82) is 5.41 Å². The SMILES string of the molecule is CCC1CCCN(c2ccc(C(=N)N)cc2C)C1. The summed E-state index contributed by atoms with van der Waals surface area (Å²) >= 11 is 0. The Morgan fingerprint density at radius 1 is 1.50 bits per heavy atom. The maximum Gasteiger partial charge on any atom is 0.122 e. The minimum atomic E-state index is 0.148. The molecule has 0 saturated carbocycles. The maximum atomic E-state index is 7.47. The van der Waals surface area contributed by atoms with Crippen molar-refractivity contribution in [3.8, 4) is 0 Å². The zero-order valence-corrected chi connectivity index (χ0v) is 11.4. The number of nitrogens with one attached hydrogen (secondary N) is 1. The molecular formula is C15H23N3. The van der Waals surface area contributed by atoms with E-state index >= 15 is 0 Å². The fraction of sp³-hybridized carbons (Fsp3) is 0.533. The van der Waals surface area contributed by atoms with Crippen LogP contribution in [0.25, 0.3) is 0 Å². The van der Waals surface area contributed by atoms with Crippen molar-refractivity contribution < 1.29 is 0 Å². The van der Waals surface area contributed by atoms with Gasteiger partial charge < -0.3 is 10.6 Å². The average molecular weight is 245 g/mol. The van der Waals surface area contributed by atoms with E-state index in [4.69, 9.17) is 11.1 Å². The van der Waals surface area contributed by atoms with Gasteiger partial charge in [-0.15, -0.1) is 0 Å². The van der Waals surface area contributed by atoms with E-state index in [0.29, 0.717) is 0 Å². The van der Waals surface area contributed by atoms with Gasteiger partial charge in [0, 0.05) is 24.3 Å². The minimum Gasteiger partial charge on any atom is -0.384 e. The van der Waals surface area contributed by atoms with Gasteiger partial charge in [-0.1, -0.05) is 13.3 Å². The maximum absolute atomic E-state index is 7.47. The van der Waals surface area contributed by atoms with E-state index in [-0.39, 0.29) is 5.84 Å². The summed E-state index contributed by atoms with van der Waals surface area (Å²) in [6.45, 7) is 6.70. The van der Waals surface area contributed by atoms with Crippen LogP contribution in [0.5, 0.6) is 0 Å². The molecular weight excluding hydrogens is 222 g/mol. The largest absolute Gasteiger partial charge is 0.384 e. The van der Waals surface area contributed by atoms with Gasteiger partial charge in [0.05, 0.1) is 0 Å². The Balaban J connectivity index is 2.20. The molecule has 1 aliphatic rings. The van der Waals surface area contributed by atoms with E-state index in [9.17, 15) is 0 Å². The van der Waals surface area contributed by atoms with Crippen LogP contribution in [0.1, 0.15) is 37.3 Å². The van der Waals surface area contributed by atoms with Crippen molar-refractivity contribution in [3.05, 3.63) is 29.3 Å². The highest BCUT2D eigenvalue weighted by Crippen LogP contribution is 2.27. The number of anilines is 1. The molecule has 1 aromatic rings. The molecule has 1 saturated heterocycles. The number of nitrogens with zero attached hydrogens (tertiary/aromatic N) is 1. The topological polar surface area (TPSA) is 53.1 Å². The number of hydrogen-bond donors (Lipinski definition) is 2. The summed E-state index contributed by atoms with van der Waals surface area (Å²) in [7, 11) is 0. The third-order valence-electron chi connectivity index (χ3n) is 3.94. The highest BCUT2D eigenvalue weighted by molar-refractivity contribution is 5.95. The molecule has 0 aromatic heterocycles. The molecule has 0 radical (unpaired) electrons. The van der Waals surface area contributed by atoms with Crippen LogP contribution >= 0.6 is 0 Å². The van der Waals surface area contributed by atoms with Crippen molar-refractivity contribution in [2.24, 2.45) is 11.7 Å². The molecule has 0 spiro atoms. The summed E-state index contributed by atoms with van der Waals surface area (Å²) in [4.78, 5) is 2.48. The van der Waals surface area contributed by atoms with E-state index in [0.717, 1.165) is 24.6 Å². The summed E-state index contributed by atoms with van der Waals surface area (Å²) < 4.78 is 0. The number of nitrogens with two attached hydrogens (primary N) is 1. The van der Waals surface area contributed by atoms with E-state index in [1.165, 1.54) is 30.5 Å². The average Bonchev–Trinajstić information content (AvgIpc) is 2.38. The second kappa shape index (κ2) is 5.42. The lowest BCUT2D eigenvalue weighted by Crippen LogP contribution is -2.35. The normalized spacial score (nSPS) is 19.9. The van der Waals surface area contributed by atoms with Crippen molar-refractivity contribution in [3.63, 3.8) is 0 Å². The van der Waals surface area contributed by atoms with E-state index in [1.807, 2.05) is 12.1 Å². The van der Waals surface area contributed by atoms with Crippen LogP contribution in [0.3, 0.4) is 0 Å². The Bertz CT molecular complexity index is 439. The predicted octanol–water partition coefficient (Wildman–Crippen LogP) is 2.91. The molecule has 0 amide bonds. The second-order valence-electron chi connectivity index (χ2n) is 5.28. The first-order chi connectivity index (χ1) is 8.61. The van der Waals surface area contributed by atoms with Crippen LogP contribution < -0.4 is 10.6 Å². The van der Waals surface area contributed by atoms with Crippen molar-refractivity contribution >= 4 is 11.5 Å².